The number of piperidine rings is 1. The van der Waals surface area contributed by atoms with Gasteiger partial charge < -0.3 is 10.4 Å². The molecule has 0 bridgehead atoms. The second-order valence-electron chi connectivity index (χ2n) is 6.25. The molecule has 4 nitrogen and oxygen atoms in total. The first kappa shape index (κ1) is 17.0. The summed E-state index contributed by atoms with van der Waals surface area (Å²) in [6.07, 6.45) is 3.45. The number of carbonyl (C=O) groups is 1. The molecule has 2 rings (SSSR count). The van der Waals surface area contributed by atoms with Crippen molar-refractivity contribution in [2.45, 2.75) is 51.2 Å². The van der Waals surface area contributed by atoms with Crippen LogP contribution in [0.1, 0.15) is 45.1 Å². The Kier molecular flexibility index (Phi) is 5.98. The Morgan fingerprint density at radius 1 is 1.32 bits per heavy atom. The van der Waals surface area contributed by atoms with Crippen LogP contribution in [0.4, 0.5) is 0 Å². The summed E-state index contributed by atoms with van der Waals surface area (Å²) in [6.45, 7) is 6.31. The minimum atomic E-state index is -0.754. The standard InChI is InChI=1S/C18H28N2O2/c1-3-4-12-19-17(21)15(2)20-13-10-18(22,11-14-20)16-8-6-5-7-9-16/h5-9,15,22H,3-4,10-14H2,1-2H3,(H,19,21)/t15-/m0/s1. The molecule has 0 spiro atoms. The van der Waals surface area contributed by atoms with Gasteiger partial charge in [-0.2, -0.15) is 0 Å². The summed E-state index contributed by atoms with van der Waals surface area (Å²) in [5.41, 5.74) is 0.227. The highest BCUT2D eigenvalue weighted by Crippen LogP contribution is 2.33. The van der Waals surface area contributed by atoms with Crippen molar-refractivity contribution in [1.82, 2.24) is 10.2 Å². The molecule has 1 amide bonds. The van der Waals surface area contributed by atoms with Crippen LogP contribution in [0.3, 0.4) is 0 Å². The Labute approximate surface area is 133 Å². The molecule has 1 heterocycles. The van der Waals surface area contributed by atoms with Crippen molar-refractivity contribution in [2.75, 3.05) is 19.6 Å². The number of nitrogens with zero attached hydrogens (tertiary/aromatic N) is 1. The molecule has 0 radical (unpaired) electrons. The van der Waals surface area contributed by atoms with Gasteiger partial charge in [0.15, 0.2) is 0 Å². The molecule has 1 aromatic rings. The van der Waals surface area contributed by atoms with Gasteiger partial charge in [0.1, 0.15) is 0 Å². The number of likely N-dealkylation sites (tertiary alicyclic amines) is 1. The Bertz CT molecular complexity index is 467. The number of carbonyl (C=O) groups excluding carboxylic acids is 1. The van der Waals surface area contributed by atoms with Gasteiger partial charge in [0.25, 0.3) is 0 Å². The van der Waals surface area contributed by atoms with Crippen molar-refractivity contribution in [3.05, 3.63) is 35.9 Å². The van der Waals surface area contributed by atoms with Crippen LogP contribution in [0.2, 0.25) is 0 Å². The van der Waals surface area contributed by atoms with Crippen LogP contribution in [-0.2, 0) is 10.4 Å². The summed E-state index contributed by atoms with van der Waals surface area (Å²) in [5, 5.41) is 13.8. The fraction of sp³-hybridized carbons (Fsp3) is 0.611. The third kappa shape index (κ3) is 4.08. The van der Waals surface area contributed by atoms with Crippen LogP contribution in [0.25, 0.3) is 0 Å². The van der Waals surface area contributed by atoms with E-state index in [9.17, 15) is 9.90 Å². The molecule has 1 aliphatic rings. The van der Waals surface area contributed by atoms with E-state index in [1.165, 1.54) is 0 Å². The number of nitrogens with one attached hydrogen (secondary N) is 1. The number of hydrogen-bond donors (Lipinski definition) is 2. The molecule has 4 heteroatoms. The molecule has 2 N–H and O–H groups in total. The van der Waals surface area contributed by atoms with Gasteiger partial charge in [0, 0.05) is 19.6 Å². The van der Waals surface area contributed by atoms with Gasteiger partial charge in [-0.25, -0.2) is 0 Å². The van der Waals surface area contributed by atoms with E-state index in [2.05, 4.69) is 17.1 Å². The molecule has 1 atom stereocenters. The van der Waals surface area contributed by atoms with Crippen molar-refractivity contribution < 1.29 is 9.90 Å². The lowest BCUT2D eigenvalue weighted by molar-refractivity contribution is -0.128. The zero-order chi connectivity index (χ0) is 16.0. The van der Waals surface area contributed by atoms with Crippen molar-refractivity contribution in [3.8, 4) is 0 Å². The summed E-state index contributed by atoms with van der Waals surface area (Å²) in [6, 6.07) is 9.72. The van der Waals surface area contributed by atoms with Crippen LogP contribution in [0.15, 0.2) is 30.3 Å². The average Bonchev–Trinajstić information content (AvgIpc) is 2.56. The lowest BCUT2D eigenvalue weighted by Gasteiger charge is -2.40. The van der Waals surface area contributed by atoms with E-state index in [1.807, 2.05) is 37.3 Å². The molecule has 1 fully saturated rings. The molecule has 0 aliphatic carbocycles. The number of benzene rings is 1. The van der Waals surface area contributed by atoms with Gasteiger partial charge in [0.05, 0.1) is 11.6 Å². The van der Waals surface area contributed by atoms with Crippen LogP contribution in [0.5, 0.6) is 0 Å². The summed E-state index contributed by atoms with van der Waals surface area (Å²) >= 11 is 0. The van der Waals surface area contributed by atoms with E-state index in [-0.39, 0.29) is 11.9 Å². The topological polar surface area (TPSA) is 52.6 Å². The summed E-state index contributed by atoms with van der Waals surface area (Å²) < 4.78 is 0. The highest BCUT2D eigenvalue weighted by atomic mass is 16.3. The molecule has 1 aliphatic heterocycles. The van der Waals surface area contributed by atoms with Crippen molar-refractivity contribution in [2.24, 2.45) is 0 Å². The SMILES string of the molecule is CCCCNC(=O)[C@H](C)N1CCC(O)(c2ccccc2)CC1. The fourth-order valence-corrected chi connectivity index (χ4v) is 3.02. The Hall–Kier alpha value is -1.39. The lowest BCUT2D eigenvalue weighted by Crippen LogP contribution is -2.51. The van der Waals surface area contributed by atoms with E-state index >= 15 is 0 Å². The van der Waals surface area contributed by atoms with Gasteiger partial charge in [-0.3, -0.25) is 9.69 Å². The third-order valence-electron chi connectivity index (χ3n) is 4.69. The second kappa shape index (κ2) is 7.75. The monoisotopic (exact) mass is 304 g/mol. The number of amides is 1. The van der Waals surface area contributed by atoms with Crippen LogP contribution in [0, 0.1) is 0 Å². The van der Waals surface area contributed by atoms with E-state index in [1.54, 1.807) is 0 Å². The Balaban J connectivity index is 1.87. The Morgan fingerprint density at radius 3 is 2.55 bits per heavy atom. The predicted molar refractivity (Wildman–Crippen MR) is 88.5 cm³/mol. The van der Waals surface area contributed by atoms with Crippen molar-refractivity contribution >= 4 is 5.91 Å². The second-order valence-corrected chi connectivity index (χ2v) is 6.25. The largest absolute Gasteiger partial charge is 0.385 e. The molecular formula is C18H28N2O2. The molecule has 0 aromatic heterocycles. The van der Waals surface area contributed by atoms with Crippen molar-refractivity contribution in [3.63, 3.8) is 0 Å². The minimum Gasteiger partial charge on any atom is -0.385 e. The quantitative estimate of drug-likeness (QED) is 0.793. The van der Waals surface area contributed by atoms with Crippen LogP contribution < -0.4 is 5.32 Å². The minimum absolute atomic E-state index is 0.0959. The maximum absolute atomic E-state index is 12.1. The average molecular weight is 304 g/mol. The van der Waals surface area contributed by atoms with Crippen LogP contribution >= 0.6 is 0 Å². The van der Waals surface area contributed by atoms with Crippen molar-refractivity contribution in [1.29, 1.82) is 0 Å². The van der Waals surface area contributed by atoms with E-state index < -0.39 is 5.60 Å². The third-order valence-corrected chi connectivity index (χ3v) is 4.69. The Morgan fingerprint density at radius 2 is 1.95 bits per heavy atom. The van der Waals surface area contributed by atoms with Gasteiger partial charge in [-0.1, -0.05) is 43.7 Å². The summed E-state index contributed by atoms with van der Waals surface area (Å²) in [7, 11) is 0. The molecule has 1 aromatic carbocycles. The molecular weight excluding hydrogens is 276 g/mol. The fourth-order valence-electron chi connectivity index (χ4n) is 3.02. The first-order chi connectivity index (χ1) is 10.6. The number of hydrogen-bond acceptors (Lipinski definition) is 3. The maximum Gasteiger partial charge on any atom is 0.237 e. The molecule has 122 valence electrons. The number of unbranched alkanes of at least 4 members (excludes halogenated alkanes) is 1. The van der Waals surface area contributed by atoms with Gasteiger partial charge >= 0.3 is 0 Å². The zero-order valence-corrected chi connectivity index (χ0v) is 13.7. The van der Waals surface area contributed by atoms with Gasteiger partial charge in [0.2, 0.25) is 5.91 Å². The van der Waals surface area contributed by atoms with E-state index in [0.29, 0.717) is 12.8 Å². The molecule has 0 unspecified atom stereocenters. The number of aliphatic hydroxyl groups is 1. The summed E-state index contributed by atoms with van der Waals surface area (Å²) in [5.74, 6) is 0.0959. The normalized spacial score (nSPS) is 19.6. The zero-order valence-electron chi connectivity index (χ0n) is 13.7. The highest BCUT2D eigenvalue weighted by molar-refractivity contribution is 5.81. The van der Waals surface area contributed by atoms with Gasteiger partial charge in [-0.15, -0.1) is 0 Å². The summed E-state index contributed by atoms with van der Waals surface area (Å²) in [4.78, 5) is 14.3. The highest BCUT2D eigenvalue weighted by Gasteiger charge is 2.36. The first-order valence-electron chi connectivity index (χ1n) is 8.36. The molecule has 0 saturated carbocycles. The van der Waals surface area contributed by atoms with Gasteiger partial charge in [-0.05, 0) is 31.7 Å². The molecule has 1 saturated heterocycles. The number of rotatable bonds is 6. The van der Waals surface area contributed by atoms with E-state index in [0.717, 1.165) is 38.0 Å². The first-order valence-corrected chi connectivity index (χ1v) is 8.36. The predicted octanol–water partition coefficient (Wildman–Crippen LogP) is 2.27. The molecule has 22 heavy (non-hydrogen) atoms. The van der Waals surface area contributed by atoms with E-state index in [4.69, 9.17) is 0 Å². The van der Waals surface area contributed by atoms with Crippen LogP contribution in [-0.4, -0.2) is 41.6 Å². The smallest absolute Gasteiger partial charge is 0.237 e. The maximum atomic E-state index is 12.1. The lowest BCUT2D eigenvalue weighted by atomic mass is 9.84.